The standard InChI is InChI=1S/C5H8NO2Se/c7-5(8)4-2-1-3-6(4)9/h4H,1-3H2,(H,7,8)/q-1/t4-/m0/s1. The van der Waals surface area contributed by atoms with Gasteiger partial charge in [-0.25, -0.2) is 0 Å². The van der Waals surface area contributed by atoms with Crippen LogP contribution in [0.2, 0.25) is 0 Å². The molecule has 52 valence electrons. The molecule has 0 amide bonds. The summed E-state index contributed by atoms with van der Waals surface area (Å²) in [6.45, 7) is 0.872. The van der Waals surface area contributed by atoms with Crippen LogP contribution in [0.15, 0.2) is 0 Å². The zero-order valence-electron chi connectivity index (χ0n) is 4.91. The molecular formula is C5H8NO2Se-. The molecule has 0 radical (unpaired) electrons. The molecule has 0 saturated carbocycles. The van der Waals surface area contributed by atoms with Crippen molar-refractivity contribution >= 4 is 22.2 Å². The number of carbonyl (C=O) groups is 1. The van der Waals surface area contributed by atoms with E-state index in [0.717, 1.165) is 19.4 Å². The van der Waals surface area contributed by atoms with E-state index in [1.54, 1.807) is 3.92 Å². The molecule has 0 unspecified atom stereocenters. The number of hydrogen-bond acceptors (Lipinski definition) is 2. The third-order valence-corrected chi connectivity index (χ3v) is 2.41. The van der Waals surface area contributed by atoms with Gasteiger partial charge in [-0.3, -0.25) is 0 Å². The summed E-state index contributed by atoms with van der Waals surface area (Å²) in [7, 11) is 0. The Balaban J connectivity index is 2.49. The third-order valence-electron chi connectivity index (χ3n) is 1.49. The van der Waals surface area contributed by atoms with Crippen LogP contribution in [-0.4, -0.2) is 43.8 Å². The second-order valence-electron chi connectivity index (χ2n) is 2.14. The van der Waals surface area contributed by atoms with Crippen LogP contribution in [0.3, 0.4) is 0 Å². The first-order valence-corrected chi connectivity index (χ1v) is 3.65. The molecule has 4 heteroatoms. The van der Waals surface area contributed by atoms with Gasteiger partial charge in [0.2, 0.25) is 0 Å². The van der Waals surface area contributed by atoms with Crippen molar-refractivity contribution in [1.29, 1.82) is 0 Å². The van der Waals surface area contributed by atoms with Gasteiger partial charge in [-0.15, -0.1) is 0 Å². The first kappa shape index (κ1) is 7.06. The predicted octanol–water partition coefficient (Wildman–Crippen LogP) is -0.381. The fourth-order valence-electron chi connectivity index (χ4n) is 0.987. The molecule has 0 aliphatic carbocycles. The molecule has 1 aliphatic heterocycles. The Kier molecular flexibility index (Phi) is 2.11. The Morgan fingerprint density at radius 1 is 1.78 bits per heavy atom. The fraction of sp³-hybridized carbons (Fsp3) is 0.800. The van der Waals surface area contributed by atoms with Crippen LogP contribution >= 0.6 is 0 Å². The van der Waals surface area contributed by atoms with Crippen LogP contribution in [-0.2, 0) is 4.79 Å². The molecular weight excluding hydrogens is 185 g/mol. The summed E-state index contributed by atoms with van der Waals surface area (Å²) in [6.07, 6.45) is 1.77. The van der Waals surface area contributed by atoms with E-state index in [0.29, 0.717) is 0 Å². The van der Waals surface area contributed by atoms with Crippen molar-refractivity contribution in [1.82, 2.24) is 3.92 Å². The monoisotopic (exact) mass is 194 g/mol. The molecule has 1 fully saturated rings. The Labute approximate surface area is 62.1 Å². The maximum absolute atomic E-state index is 10.4. The number of aliphatic carboxylic acids is 1. The van der Waals surface area contributed by atoms with Gasteiger partial charge in [0.25, 0.3) is 0 Å². The number of rotatable bonds is 1. The van der Waals surface area contributed by atoms with Crippen LogP contribution in [0.5, 0.6) is 0 Å². The van der Waals surface area contributed by atoms with Crippen LogP contribution in [0, 0.1) is 0 Å². The molecule has 1 heterocycles. The van der Waals surface area contributed by atoms with E-state index in [-0.39, 0.29) is 6.04 Å². The average Bonchev–Trinajstić information content (AvgIpc) is 2.13. The molecule has 0 bridgehead atoms. The van der Waals surface area contributed by atoms with Crippen molar-refractivity contribution in [2.75, 3.05) is 6.54 Å². The quantitative estimate of drug-likeness (QED) is 0.577. The summed E-state index contributed by atoms with van der Waals surface area (Å²) in [5.41, 5.74) is 0. The zero-order valence-corrected chi connectivity index (χ0v) is 6.62. The molecule has 3 nitrogen and oxygen atoms in total. The molecule has 1 saturated heterocycles. The van der Waals surface area contributed by atoms with Gasteiger partial charge in [0.15, 0.2) is 0 Å². The summed E-state index contributed by atoms with van der Waals surface area (Å²) >= 11 is 2.72. The Morgan fingerprint density at radius 2 is 2.44 bits per heavy atom. The third kappa shape index (κ3) is 1.45. The van der Waals surface area contributed by atoms with Crippen LogP contribution < -0.4 is 0 Å². The van der Waals surface area contributed by atoms with E-state index in [1.165, 1.54) is 0 Å². The van der Waals surface area contributed by atoms with Crippen LogP contribution in [0.25, 0.3) is 0 Å². The minimum atomic E-state index is -0.716. The van der Waals surface area contributed by atoms with E-state index >= 15 is 0 Å². The average molecular weight is 193 g/mol. The summed E-state index contributed by atoms with van der Waals surface area (Å²) in [5, 5.41) is 8.52. The molecule has 9 heavy (non-hydrogen) atoms. The van der Waals surface area contributed by atoms with Crippen LogP contribution in [0.1, 0.15) is 12.8 Å². The van der Waals surface area contributed by atoms with Gasteiger partial charge in [0, 0.05) is 0 Å². The Morgan fingerprint density at radius 3 is 2.67 bits per heavy atom. The van der Waals surface area contributed by atoms with E-state index < -0.39 is 5.97 Å². The molecule has 0 aromatic heterocycles. The topological polar surface area (TPSA) is 40.5 Å². The number of nitrogens with zero attached hydrogens (tertiary/aromatic N) is 1. The summed E-state index contributed by atoms with van der Waals surface area (Å²) in [6, 6.07) is -0.273. The first-order valence-electron chi connectivity index (χ1n) is 2.88. The number of carboxylic acid groups (broad SMARTS) is 1. The van der Waals surface area contributed by atoms with Gasteiger partial charge in [-0.05, 0) is 0 Å². The Hall–Kier alpha value is -0.0505. The Bertz CT molecular complexity index is 128. The van der Waals surface area contributed by atoms with Gasteiger partial charge in [0.05, 0.1) is 0 Å². The molecule has 1 aliphatic rings. The normalized spacial score (nSPS) is 28.8. The van der Waals surface area contributed by atoms with Crippen molar-refractivity contribution in [3.05, 3.63) is 0 Å². The molecule has 0 aromatic rings. The number of carboxylic acids is 1. The number of hydrogen-bond donors (Lipinski definition) is 1. The van der Waals surface area contributed by atoms with Gasteiger partial charge >= 0.3 is 61.4 Å². The van der Waals surface area contributed by atoms with Crippen LogP contribution in [0.4, 0.5) is 0 Å². The summed E-state index contributed by atoms with van der Waals surface area (Å²) in [5.74, 6) is -0.716. The summed E-state index contributed by atoms with van der Waals surface area (Å²) < 4.78 is 1.75. The second kappa shape index (κ2) is 2.69. The molecule has 1 atom stereocenters. The van der Waals surface area contributed by atoms with E-state index in [4.69, 9.17) is 5.11 Å². The predicted molar refractivity (Wildman–Crippen MR) is 33.1 cm³/mol. The van der Waals surface area contributed by atoms with Gasteiger partial charge in [0.1, 0.15) is 0 Å². The van der Waals surface area contributed by atoms with Crippen molar-refractivity contribution in [3.63, 3.8) is 0 Å². The zero-order chi connectivity index (χ0) is 6.85. The fourth-order valence-corrected chi connectivity index (χ4v) is 1.67. The SMILES string of the molecule is O=C(O)[C@@H]1CCCN1[Se-]. The molecule has 0 spiro atoms. The van der Waals surface area contributed by atoms with Crippen molar-refractivity contribution in [2.24, 2.45) is 0 Å². The maximum atomic E-state index is 10.4. The summed E-state index contributed by atoms with van der Waals surface area (Å²) in [4.78, 5) is 10.4. The van der Waals surface area contributed by atoms with Gasteiger partial charge in [-0.2, -0.15) is 0 Å². The molecule has 1 rings (SSSR count). The van der Waals surface area contributed by atoms with E-state index in [1.807, 2.05) is 0 Å². The van der Waals surface area contributed by atoms with Gasteiger partial charge < -0.3 is 0 Å². The van der Waals surface area contributed by atoms with Crippen molar-refractivity contribution < 1.29 is 9.90 Å². The first-order chi connectivity index (χ1) is 4.22. The molecule has 1 N–H and O–H groups in total. The minimum absolute atomic E-state index is 0.273. The van der Waals surface area contributed by atoms with E-state index in [2.05, 4.69) is 16.2 Å². The molecule has 0 aromatic carbocycles. The van der Waals surface area contributed by atoms with E-state index in [9.17, 15) is 4.79 Å². The second-order valence-corrected chi connectivity index (χ2v) is 3.12. The van der Waals surface area contributed by atoms with Crippen molar-refractivity contribution in [2.45, 2.75) is 18.9 Å². The van der Waals surface area contributed by atoms with Crippen molar-refractivity contribution in [3.8, 4) is 0 Å². The van der Waals surface area contributed by atoms with Gasteiger partial charge in [-0.1, -0.05) is 0 Å².